The molecule has 3 aromatic rings. The van der Waals surface area contributed by atoms with E-state index >= 15 is 0 Å². The van der Waals surface area contributed by atoms with Crippen LogP contribution in [-0.4, -0.2) is 10.2 Å². The lowest BCUT2D eigenvalue weighted by molar-refractivity contribution is 0.631. The minimum absolute atomic E-state index is 0.241. The van der Waals surface area contributed by atoms with E-state index in [4.69, 9.17) is 17.3 Å². The average Bonchev–Trinajstić information content (AvgIpc) is 2.82. The normalized spacial score (nSPS) is 10.7. The largest absolute Gasteiger partial charge is 0.382 e. The molecule has 0 aliphatic heterocycles. The summed E-state index contributed by atoms with van der Waals surface area (Å²) < 4.78 is 14.0. The number of hydrogen-bond donors (Lipinski definition) is 2. The topological polar surface area (TPSA) is 54.7 Å². The molecule has 0 saturated carbocycles. The Morgan fingerprint density at radius 1 is 1.00 bits per heavy atom. The van der Waals surface area contributed by atoms with E-state index in [0.717, 1.165) is 5.56 Å². The number of aromatic amines is 1. The zero-order valence-electron chi connectivity index (χ0n) is 10.4. The Labute approximate surface area is 120 Å². The van der Waals surface area contributed by atoms with Gasteiger partial charge in [0.15, 0.2) is 5.82 Å². The molecule has 100 valence electrons. The molecule has 5 heteroatoms. The number of rotatable bonds is 2. The van der Waals surface area contributed by atoms with Crippen LogP contribution in [0.4, 0.5) is 10.2 Å². The van der Waals surface area contributed by atoms with Crippen LogP contribution in [0.3, 0.4) is 0 Å². The van der Waals surface area contributed by atoms with Gasteiger partial charge in [0.2, 0.25) is 0 Å². The van der Waals surface area contributed by atoms with Crippen molar-refractivity contribution in [2.45, 2.75) is 0 Å². The van der Waals surface area contributed by atoms with Crippen molar-refractivity contribution in [2.75, 3.05) is 5.73 Å². The number of H-pyrrole nitrogens is 1. The molecule has 0 aliphatic carbocycles. The maximum absolute atomic E-state index is 14.0. The Balaban J connectivity index is 2.26. The minimum atomic E-state index is -0.353. The average molecular weight is 288 g/mol. The number of nitrogens with two attached hydrogens (primary N) is 1. The summed E-state index contributed by atoms with van der Waals surface area (Å²) in [6.45, 7) is 0. The van der Waals surface area contributed by atoms with Gasteiger partial charge >= 0.3 is 0 Å². The van der Waals surface area contributed by atoms with Crippen molar-refractivity contribution in [3.05, 3.63) is 59.4 Å². The first kappa shape index (κ1) is 12.7. The van der Waals surface area contributed by atoms with Crippen molar-refractivity contribution in [1.82, 2.24) is 10.2 Å². The Kier molecular flexibility index (Phi) is 3.16. The van der Waals surface area contributed by atoms with Crippen LogP contribution in [-0.2, 0) is 0 Å². The number of nitrogens with one attached hydrogen (secondary N) is 1. The van der Waals surface area contributed by atoms with Crippen molar-refractivity contribution >= 4 is 17.4 Å². The predicted molar refractivity (Wildman–Crippen MR) is 78.8 cm³/mol. The van der Waals surface area contributed by atoms with E-state index in [2.05, 4.69) is 10.2 Å². The van der Waals surface area contributed by atoms with Crippen LogP contribution < -0.4 is 5.73 Å². The summed E-state index contributed by atoms with van der Waals surface area (Å²) in [6.07, 6.45) is 0. The van der Waals surface area contributed by atoms with Crippen LogP contribution >= 0.6 is 11.6 Å². The maximum atomic E-state index is 14.0. The van der Waals surface area contributed by atoms with E-state index in [1.165, 1.54) is 6.07 Å². The Hall–Kier alpha value is -2.33. The van der Waals surface area contributed by atoms with Gasteiger partial charge in [-0.25, -0.2) is 4.39 Å². The molecule has 0 bridgehead atoms. The molecule has 0 atom stereocenters. The van der Waals surface area contributed by atoms with Gasteiger partial charge in [-0.1, -0.05) is 48.0 Å². The van der Waals surface area contributed by atoms with Crippen molar-refractivity contribution in [3.63, 3.8) is 0 Å². The van der Waals surface area contributed by atoms with Gasteiger partial charge in [-0.15, -0.1) is 0 Å². The molecule has 0 aliphatic rings. The van der Waals surface area contributed by atoms with Gasteiger partial charge in [0, 0.05) is 16.1 Å². The highest BCUT2D eigenvalue weighted by Crippen LogP contribution is 2.38. The molecule has 2 aromatic carbocycles. The van der Waals surface area contributed by atoms with E-state index in [0.29, 0.717) is 21.8 Å². The highest BCUT2D eigenvalue weighted by Gasteiger charge is 2.18. The van der Waals surface area contributed by atoms with Crippen molar-refractivity contribution in [1.29, 1.82) is 0 Å². The first-order valence-electron chi connectivity index (χ1n) is 6.02. The molecule has 0 fully saturated rings. The summed E-state index contributed by atoms with van der Waals surface area (Å²) in [5, 5.41) is 7.36. The highest BCUT2D eigenvalue weighted by atomic mass is 35.5. The molecule has 3 N–H and O–H groups in total. The molecule has 1 aromatic heterocycles. The van der Waals surface area contributed by atoms with Gasteiger partial charge in [-0.3, -0.25) is 5.10 Å². The third-order valence-corrected chi connectivity index (χ3v) is 3.41. The van der Waals surface area contributed by atoms with Crippen LogP contribution in [0.5, 0.6) is 0 Å². The second-order valence-electron chi connectivity index (χ2n) is 4.32. The Morgan fingerprint density at radius 2 is 1.65 bits per heavy atom. The van der Waals surface area contributed by atoms with Crippen molar-refractivity contribution in [2.24, 2.45) is 0 Å². The quantitative estimate of drug-likeness (QED) is 0.745. The van der Waals surface area contributed by atoms with Crippen molar-refractivity contribution < 1.29 is 4.39 Å². The number of halogens is 2. The summed E-state index contributed by atoms with van der Waals surface area (Å²) in [5.41, 5.74) is 8.14. The lowest BCUT2D eigenvalue weighted by Gasteiger charge is -2.07. The summed E-state index contributed by atoms with van der Waals surface area (Å²) in [4.78, 5) is 0. The third-order valence-electron chi connectivity index (χ3n) is 3.08. The molecular weight excluding hydrogens is 277 g/mol. The molecule has 3 nitrogen and oxygen atoms in total. The van der Waals surface area contributed by atoms with E-state index < -0.39 is 0 Å². The number of hydrogen-bond acceptors (Lipinski definition) is 2. The van der Waals surface area contributed by atoms with Crippen molar-refractivity contribution in [3.8, 4) is 22.4 Å². The number of aromatic nitrogens is 2. The zero-order valence-corrected chi connectivity index (χ0v) is 11.2. The third kappa shape index (κ3) is 2.04. The van der Waals surface area contributed by atoms with E-state index in [1.807, 2.05) is 18.2 Å². The molecule has 1 heterocycles. The van der Waals surface area contributed by atoms with Crippen LogP contribution in [0, 0.1) is 5.82 Å². The van der Waals surface area contributed by atoms with Gasteiger partial charge in [0.25, 0.3) is 0 Å². The lowest BCUT2D eigenvalue weighted by atomic mass is 10.0. The fourth-order valence-corrected chi connectivity index (χ4v) is 2.38. The molecular formula is C15H11ClFN3. The second kappa shape index (κ2) is 4.98. The number of nitrogen functional groups attached to an aromatic ring is 1. The van der Waals surface area contributed by atoms with Gasteiger partial charge in [0.05, 0.1) is 11.3 Å². The predicted octanol–water partition coefficient (Wildman–Crippen LogP) is 4.12. The standard InChI is InChI=1S/C15H11ClFN3/c16-11-7-3-1-5-9(11)14-13(15(18)20-19-14)10-6-2-4-8-12(10)17/h1-8H,(H3,18,19,20). The van der Waals surface area contributed by atoms with E-state index in [1.54, 1.807) is 24.3 Å². The molecule has 0 unspecified atom stereocenters. The van der Waals surface area contributed by atoms with E-state index in [9.17, 15) is 4.39 Å². The Morgan fingerprint density at radius 3 is 2.35 bits per heavy atom. The number of benzene rings is 2. The summed E-state index contributed by atoms with van der Waals surface area (Å²) >= 11 is 6.18. The number of anilines is 1. The maximum Gasteiger partial charge on any atom is 0.153 e. The van der Waals surface area contributed by atoms with E-state index in [-0.39, 0.29) is 11.6 Å². The van der Waals surface area contributed by atoms with Gasteiger partial charge in [0.1, 0.15) is 5.82 Å². The zero-order chi connectivity index (χ0) is 14.1. The molecule has 0 radical (unpaired) electrons. The molecule has 0 spiro atoms. The molecule has 0 amide bonds. The lowest BCUT2D eigenvalue weighted by Crippen LogP contribution is -1.91. The van der Waals surface area contributed by atoms with Gasteiger partial charge in [-0.05, 0) is 12.1 Å². The smallest absolute Gasteiger partial charge is 0.153 e. The summed E-state index contributed by atoms with van der Waals surface area (Å²) in [5.74, 6) is -0.112. The summed E-state index contributed by atoms with van der Waals surface area (Å²) in [7, 11) is 0. The minimum Gasteiger partial charge on any atom is -0.382 e. The first-order valence-corrected chi connectivity index (χ1v) is 6.40. The van der Waals surface area contributed by atoms with Gasteiger partial charge < -0.3 is 5.73 Å². The van der Waals surface area contributed by atoms with Gasteiger partial charge in [-0.2, -0.15) is 5.10 Å². The molecule has 3 rings (SSSR count). The monoisotopic (exact) mass is 287 g/mol. The van der Waals surface area contributed by atoms with Crippen LogP contribution in [0.2, 0.25) is 5.02 Å². The number of nitrogens with zero attached hydrogens (tertiary/aromatic N) is 1. The van der Waals surface area contributed by atoms with Crippen LogP contribution in [0.1, 0.15) is 0 Å². The Bertz CT molecular complexity index is 767. The van der Waals surface area contributed by atoms with Crippen LogP contribution in [0.25, 0.3) is 22.4 Å². The fourth-order valence-electron chi connectivity index (χ4n) is 2.15. The molecule has 0 saturated heterocycles. The SMILES string of the molecule is Nc1n[nH]c(-c2ccccc2Cl)c1-c1ccccc1F. The second-order valence-corrected chi connectivity index (χ2v) is 4.73. The summed E-state index contributed by atoms with van der Waals surface area (Å²) in [6, 6.07) is 13.7. The molecule has 20 heavy (non-hydrogen) atoms. The first-order chi connectivity index (χ1) is 9.68. The fraction of sp³-hybridized carbons (Fsp3) is 0. The van der Waals surface area contributed by atoms with Crippen LogP contribution in [0.15, 0.2) is 48.5 Å². The highest BCUT2D eigenvalue weighted by molar-refractivity contribution is 6.33.